The molecular formula is C8H10Cl3. The minimum absolute atomic E-state index is 0.410. The van der Waals surface area contributed by atoms with Crippen LogP contribution in [0.15, 0.2) is 0 Å². The van der Waals surface area contributed by atoms with E-state index in [2.05, 4.69) is 0 Å². The van der Waals surface area contributed by atoms with Crippen LogP contribution in [0.4, 0.5) is 0 Å². The van der Waals surface area contributed by atoms with Gasteiger partial charge in [-0.15, -0.1) is 34.8 Å². The predicted octanol–water partition coefficient (Wildman–Crippen LogP) is 3.55. The van der Waals surface area contributed by atoms with Gasteiger partial charge >= 0.3 is 0 Å². The summed E-state index contributed by atoms with van der Waals surface area (Å²) >= 11 is 17.6. The maximum Gasteiger partial charge on any atom is 0.119 e. The molecule has 0 unspecified atom stereocenters. The van der Waals surface area contributed by atoms with Gasteiger partial charge in [-0.05, 0) is 37.5 Å². The van der Waals surface area contributed by atoms with E-state index < -0.39 is 4.33 Å². The smallest absolute Gasteiger partial charge is 0.119 e. The number of halogens is 3. The Morgan fingerprint density at radius 3 is 2.09 bits per heavy atom. The van der Waals surface area contributed by atoms with Gasteiger partial charge in [-0.3, -0.25) is 0 Å². The molecule has 11 heavy (non-hydrogen) atoms. The van der Waals surface area contributed by atoms with Gasteiger partial charge in [0, 0.05) is 5.38 Å². The molecule has 3 heteroatoms. The van der Waals surface area contributed by atoms with E-state index in [1.807, 2.05) is 0 Å². The second-order valence-corrected chi connectivity index (χ2v) is 5.89. The molecule has 0 bridgehead atoms. The zero-order chi connectivity index (χ0) is 8.06. The summed E-state index contributed by atoms with van der Waals surface area (Å²) in [5.41, 5.74) is 0. The Morgan fingerprint density at radius 1 is 1.18 bits per heavy atom. The maximum atomic E-state index is 5.87. The van der Waals surface area contributed by atoms with Crippen molar-refractivity contribution in [1.82, 2.24) is 0 Å². The molecular weight excluding hydrogens is 202 g/mol. The molecule has 0 amide bonds. The van der Waals surface area contributed by atoms with Crippen molar-refractivity contribution < 1.29 is 0 Å². The van der Waals surface area contributed by atoms with Gasteiger partial charge in [0.1, 0.15) is 4.33 Å². The Balaban J connectivity index is 1.76. The number of hydrogen-bond donors (Lipinski definition) is 0. The fraction of sp³-hybridized carbons (Fsp3) is 0.875. The molecule has 2 fully saturated rings. The van der Waals surface area contributed by atoms with Crippen LogP contribution in [-0.2, 0) is 0 Å². The zero-order valence-corrected chi connectivity index (χ0v) is 8.38. The van der Waals surface area contributed by atoms with E-state index in [9.17, 15) is 0 Å². The van der Waals surface area contributed by atoms with E-state index in [0.717, 1.165) is 31.6 Å². The van der Waals surface area contributed by atoms with Crippen molar-refractivity contribution in [3.05, 3.63) is 5.92 Å². The van der Waals surface area contributed by atoms with Crippen molar-refractivity contribution in [2.24, 2.45) is 5.92 Å². The number of hydrogen-bond acceptors (Lipinski definition) is 0. The first-order chi connectivity index (χ1) is 5.07. The van der Waals surface area contributed by atoms with Crippen LogP contribution < -0.4 is 0 Å². The number of rotatable bonds is 1. The molecule has 0 nitrogen and oxygen atoms in total. The van der Waals surface area contributed by atoms with Crippen LogP contribution in [0.1, 0.15) is 25.7 Å². The minimum atomic E-state index is -0.438. The third-order valence-corrected chi connectivity index (χ3v) is 3.52. The summed E-state index contributed by atoms with van der Waals surface area (Å²) in [5.74, 6) is 2.27. The van der Waals surface area contributed by atoms with Crippen LogP contribution in [0, 0.1) is 11.8 Å². The first-order valence-corrected chi connectivity index (χ1v) is 5.12. The molecule has 2 aliphatic rings. The molecule has 0 aromatic heterocycles. The predicted molar refractivity (Wildman–Crippen MR) is 49.3 cm³/mol. The lowest BCUT2D eigenvalue weighted by molar-refractivity contribution is 0.266. The van der Waals surface area contributed by atoms with E-state index in [4.69, 9.17) is 34.8 Å². The minimum Gasteiger partial charge on any atom is -0.123 e. The van der Waals surface area contributed by atoms with Gasteiger partial charge in [-0.1, -0.05) is 0 Å². The van der Waals surface area contributed by atoms with Crippen LogP contribution >= 0.6 is 34.8 Å². The molecule has 2 rings (SSSR count). The van der Waals surface area contributed by atoms with Crippen LogP contribution in [0.2, 0.25) is 0 Å². The zero-order valence-electron chi connectivity index (χ0n) is 6.12. The highest BCUT2D eigenvalue weighted by atomic mass is 35.5. The molecule has 0 N–H and O–H groups in total. The van der Waals surface area contributed by atoms with Gasteiger partial charge in [0.2, 0.25) is 0 Å². The summed E-state index contributed by atoms with van der Waals surface area (Å²) < 4.78 is -0.438. The van der Waals surface area contributed by atoms with Crippen LogP contribution in [-0.4, -0.2) is 9.71 Å². The normalized spacial score (nSPS) is 42.8. The topological polar surface area (TPSA) is 0 Å². The quantitative estimate of drug-likeness (QED) is 0.583. The first kappa shape index (κ1) is 8.47. The fourth-order valence-corrected chi connectivity index (χ4v) is 2.90. The van der Waals surface area contributed by atoms with Crippen molar-refractivity contribution in [3.8, 4) is 0 Å². The van der Waals surface area contributed by atoms with Gasteiger partial charge in [0.15, 0.2) is 0 Å². The lowest BCUT2D eigenvalue weighted by Gasteiger charge is -2.47. The van der Waals surface area contributed by atoms with Crippen molar-refractivity contribution in [2.45, 2.75) is 35.4 Å². The van der Waals surface area contributed by atoms with Crippen LogP contribution in [0.3, 0.4) is 0 Å². The van der Waals surface area contributed by atoms with Crippen molar-refractivity contribution in [3.63, 3.8) is 0 Å². The van der Waals surface area contributed by atoms with Crippen LogP contribution in [0.5, 0.6) is 0 Å². The average Bonchev–Trinajstić information content (AvgIpc) is 1.75. The Labute approximate surface area is 82.2 Å². The molecule has 1 radical (unpaired) electrons. The van der Waals surface area contributed by atoms with Crippen molar-refractivity contribution >= 4 is 34.8 Å². The third kappa shape index (κ3) is 1.64. The van der Waals surface area contributed by atoms with Gasteiger partial charge in [0.25, 0.3) is 0 Å². The molecule has 2 saturated carbocycles. The summed E-state index contributed by atoms with van der Waals surface area (Å²) in [5, 5.41) is 0.410. The average molecular weight is 213 g/mol. The Morgan fingerprint density at radius 2 is 1.73 bits per heavy atom. The van der Waals surface area contributed by atoms with Crippen molar-refractivity contribution in [1.29, 1.82) is 0 Å². The largest absolute Gasteiger partial charge is 0.123 e. The molecule has 0 aromatic rings. The van der Waals surface area contributed by atoms with E-state index in [0.29, 0.717) is 5.38 Å². The molecule has 0 saturated heterocycles. The highest BCUT2D eigenvalue weighted by Gasteiger charge is 2.48. The Kier molecular flexibility index (Phi) is 2.06. The second kappa shape index (κ2) is 2.68. The Bertz CT molecular complexity index is 153. The summed E-state index contributed by atoms with van der Waals surface area (Å²) in [6.07, 6.45) is 4.07. The van der Waals surface area contributed by atoms with Gasteiger partial charge < -0.3 is 0 Å². The molecule has 2 aliphatic carbocycles. The van der Waals surface area contributed by atoms with E-state index >= 15 is 0 Å². The molecule has 0 aliphatic heterocycles. The maximum absolute atomic E-state index is 5.87. The van der Waals surface area contributed by atoms with E-state index in [1.165, 1.54) is 5.92 Å². The summed E-state index contributed by atoms with van der Waals surface area (Å²) in [7, 11) is 0. The molecule has 0 spiro atoms. The summed E-state index contributed by atoms with van der Waals surface area (Å²) in [6.45, 7) is 0. The van der Waals surface area contributed by atoms with Crippen LogP contribution in [0.25, 0.3) is 0 Å². The first-order valence-electron chi connectivity index (χ1n) is 3.93. The summed E-state index contributed by atoms with van der Waals surface area (Å²) in [6, 6.07) is 0. The SMILES string of the molecule is ClC1CC([C]2CC(Cl)(Cl)C2)C1. The Hall–Kier alpha value is 0.870. The third-order valence-electron chi connectivity index (χ3n) is 2.63. The molecule has 63 valence electrons. The van der Waals surface area contributed by atoms with E-state index in [-0.39, 0.29) is 0 Å². The lowest BCUT2D eigenvalue weighted by atomic mass is 9.66. The highest BCUT2D eigenvalue weighted by molar-refractivity contribution is 6.49. The highest BCUT2D eigenvalue weighted by Crippen LogP contribution is 2.56. The number of alkyl halides is 3. The fourth-order valence-electron chi connectivity index (χ4n) is 1.78. The molecule has 0 aromatic carbocycles. The summed E-state index contributed by atoms with van der Waals surface area (Å²) in [4.78, 5) is 0. The van der Waals surface area contributed by atoms with E-state index in [1.54, 1.807) is 0 Å². The van der Waals surface area contributed by atoms with Crippen molar-refractivity contribution in [2.75, 3.05) is 0 Å². The second-order valence-electron chi connectivity index (χ2n) is 3.63. The molecule has 0 heterocycles. The standard InChI is InChI=1S/C8H10Cl3/c9-7-1-5(2-7)6-3-8(10,11)4-6/h5,7H,1-4H2. The monoisotopic (exact) mass is 211 g/mol. The van der Waals surface area contributed by atoms with Gasteiger partial charge in [0.05, 0.1) is 0 Å². The van der Waals surface area contributed by atoms with Gasteiger partial charge in [-0.25, -0.2) is 0 Å². The lowest BCUT2D eigenvalue weighted by Crippen LogP contribution is -2.41. The van der Waals surface area contributed by atoms with Gasteiger partial charge in [-0.2, -0.15) is 0 Å². The molecule has 0 atom stereocenters.